The topological polar surface area (TPSA) is 66.5 Å². The van der Waals surface area contributed by atoms with Crippen LogP contribution < -0.4 is 5.32 Å². The molecule has 5 heteroatoms. The number of tetrazole rings is 1. The normalized spacial score (nSPS) is 14.4. The maximum atomic E-state index is 3.99. The molecule has 0 aliphatic carbocycles. The molecule has 2 atom stereocenters. The molecule has 18 heavy (non-hydrogen) atoms. The molecule has 1 aromatic heterocycles. The van der Waals surface area contributed by atoms with Crippen LogP contribution in [0.2, 0.25) is 0 Å². The number of H-pyrrole nitrogens is 1. The molecule has 1 aromatic carbocycles. The Morgan fingerprint density at radius 3 is 2.28 bits per heavy atom. The number of nitrogens with zero attached hydrogens (tertiary/aromatic N) is 3. The van der Waals surface area contributed by atoms with E-state index in [1.54, 1.807) is 0 Å². The van der Waals surface area contributed by atoms with Gasteiger partial charge in [0.25, 0.3) is 0 Å². The number of aromatic amines is 1. The number of benzene rings is 1. The predicted octanol–water partition coefficient (Wildman–Crippen LogP) is 2.23. The SMILES string of the molecule is Cc1cc(C)cc(C(C)NC(C)c2nn[nH]n2)c1. The van der Waals surface area contributed by atoms with Gasteiger partial charge in [-0.1, -0.05) is 34.5 Å². The van der Waals surface area contributed by atoms with E-state index in [1.165, 1.54) is 16.7 Å². The summed E-state index contributed by atoms with van der Waals surface area (Å²) in [6, 6.07) is 6.90. The van der Waals surface area contributed by atoms with E-state index >= 15 is 0 Å². The van der Waals surface area contributed by atoms with Crippen molar-refractivity contribution in [2.45, 2.75) is 39.8 Å². The zero-order chi connectivity index (χ0) is 13.1. The Hall–Kier alpha value is -1.75. The first kappa shape index (κ1) is 12.7. The smallest absolute Gasteiger partial charge is 0.191 e. The zero-order valence-corrected chi connectivity index (χ0v) is 11.2. The minimum atomic E-state index is 0.0690. The molecule has 0 fully saturated rings. The minimum Gasteiger partial charge on any atom is -0.301 e. The van der Waals surface area contributed by atoms with Crippen LogP contribution in [0, 0.1) is 13.8 Å². The van der Waals surface area contributed by atoms with E-state index < -0.39 is 0 Å². The van der Waals surface area contributed by atoms with Crippen LogP contribution >= 0.6 is 0 Å². The third-order valence-corrected chi connectivity index (χ3v) is 2.99. The highest BCUT2D eigenvalue weighted by Crippen LogP contribution is 2.19. The van der Waals surface area contributed by atoms with E-state index in [1.807, 2.05) is 6.92 Å². The summed E-state index contributed by atoms with van der Waals surface area (Å²) in [5, 5.41) is 17.5. The number of rotatable bonds is 4. The van der Waals surface area contributed by atoms with E-state index in [4.69, 9.17) is 0 Å². The first-order valence-corrected chi connectivity index (χ1v) is 6.14. The van der Waals surface area contributed by atoms with E-state index in [0.717, 1.165) is 0 Å². The summed E-state index contributed by atoms with van der Waals surface area (Å²) >= 11 is 0. The second kappa shape index (κ2) is 5.27. The zero-order valence-electron chi connectivity index (χ0n) is 11.2. The molecule has 2 rings (SSSR count). The first-order chi connectivity index (χ1) is 8.56. The summed E-state index contributed by atoms with van der Waals surface area (Å²) in [5.74, 6) is 0.686. The van der Waals surface area contributed by atoms with Crippen molar-refractivity contribution in [3.63, 3.8) is 0 Å². The van der Waals surface area contributed by atoms with Crippen molar-refractivity contribution >= 4 is 0 Å². The largest absolute Gasteiger partial charge is 0.301 e. The molecule has 0 amide bonds. The summed E-state index contributed by atoms with van der Waals surface area (Å²) in [7, 11) is 0. The lowest BCUT2D eigenvalue weighted by atomic mass is 10.0. The van der Waals surface area contributed by atoms with E-state index in [-0.39, 0.29) is 12.1 Å². The molecule has 96 valence electrons. The Morgan fingerprint density at radius 1 is 1.06 bits per heavy atom. The molecule has 0 bridgehead atoms. The molecule has 2 aromatic rings. The summed E-state index contributed by atoms with van der Waals surface area (Å²) in [6.07, 6.45) is 0. The Morgan fingerprint density at radius 2 is 1.72 bits per heavy atom. The van der Waals surface area contributed by atoms with E-state index in [9.17, 15) is 0 Å². The molecular formula is C13H19N5. The average molecular weight is 245 g/mol. The van der Waals surface area contributed by atoms with Crippen LogP contribution in [0.4, 0.5) is 0 Å². The van der Waals surface area contributed by atoms with Gasteiger partial charge in [-0.15, -0.1) is 10.2 Å². The molecule has 1 heterocycles. The number of hydrogen-bond donors (Lipinski definition) is 2. The van der Waals surface area contributed by atoms with Crippen molar-refractivity contribution in [1.82, 2.24) is 25.9 Å². The number of nitrogens with one attached hydrogen (secondary N) is 2. The van der Waals surface area contributed by atoms with Crippen LogP contribution in [-0.4, -0.2) is 20.6 Å². The van der Waals surface area contributed by atoms with Crippen molar-refractivity contribution in [3.8, 4) is 0 Å². The minimum absolute atomic E-state index is 0.0690. The lowest BCUT2D eigenvalue weighted by molar-refractivity contribution is 0.476. The Bertz CT molecular complexity index is 486. The Labute approximate surface area is 107 Å². The van der Waals surface area contributed by atoms with Gasteiger partial charge < -0.3 is 5.32 Å². The fourth-order valence-electron chi connectivity index (χ4n) is 2.16. The fourth-order valence-corrected chi connectivity index (χ4v) is 2.16. The molecule has 0 aliphatic rings. The molecule has 2 N–H and O–H groups in total. The van der Waals surface area contributed by atoms with Crippen LogP contribution in [0.15, 0.2) is 18.2 Å². The van der Waals surface area contributed by atoms with Crippen molar-refractivity contribution in [2.24, 2.45) is 0 Å². The quantitative estimate of drug-likeness (QED) is 0.866. The van der Waals surface area contributed by atoms with Crippen LogP contribution in [0.1, 0.15) is 48.4 Å². The monoisotopic (exact) mass is 245 g/mol. The van der Waals surface area contributed by atoms with Crippen LogP contribution in [-0.2, 0) is 0 Å². The Balaban J connectivity index is 2.09. The van der Waals surface area contributed by atoms with Crippen LogP contribution in [0.5, 0.6) is 0 Å². The first-order valence-electron chi connectivity index (χ1n) is 6.14. The van der Waals surface area contributed by atoms with Gasteiger partial charge in [-0.2, -0.15) is 5.21 Å². The van der Waals surface area contributed by atoms with Gasteiger partial charge in [0.05, 0.1) is 6.04 Å². The molecule has 0 radical (unpaired) electrons. The van der Waals surface area contributed by atoms with Crippen molar-refractivity contribution in [2.75, 3.05) is 0 Å². The van der Waals surface area contributed by atoms with Crippen molar-refractivity contribution < 1.29 is 0 Å². The summed E-state index contributed by atoms with van der Waals surface area (Å²) in [5.41, 5.74) is 3.85. The molecule has 0 saturated carbocycles. The van der Waals surface area contributed by atoms with Gasteiger partial charge in [-0.25, -0.2) is 0 Å². The van der Waals surface area contributed by atoms with Gasteiger partial charge in [0, 0.05) is 6.04 Å². The third-order valence-electron chi connectivity index (χ3n) is 2.99. The lowest BCUT2D eigenvalue weighted by Gasteiger charge is -2.19. The van der Waals surface area contributed by atoms with Gasteiger partial charge in [0.15, 0.2) is 5.82 Å². The maximum absolute atomic E-state index is 3.99. The van der Waals surface area contributed by atoms with Gasteiger partial charge >= 0.3 is 0 Å². The van der Waals surface area contributed by atoms with Crippen LogP contribution in [0.25, 0.3) is 0 Å². The molecule has 5 nitrogen and oxygen atoms in total. The number of hydrogen-bond acceptors (Lipinski definition) is 4. The molecule has 2 unspecified atom stereocenters. The van der Waals surface area contributed by atoms with Crippen LogP contribution in [0.3, 0.4) is 0 Å². The van der Waals surface area contributed by atoms with Gasteiger partial charge in [0.2, 0.25) is 0 Å². The maximum Gasteiger partial charge on any atom is 0.191 e. The second-order valence-electron chi connectivity index (χ2n) is 4.80. The van der Waals surface area contributed by atoms with Gasteiger partial charge in [-0.05, 0) is 33.3 Å². The second-order valence-corrected chi connectivity index (χ2v) is 4.80. The molecule has 0 spiro atoms. The van der Waals surface area contributed by atoms with E-state index in [2.05, 4.69) is 64.9 Å². The molecular weight excluding hydrogens is 226 g/mol. The van der Waals surface area contributed by atoms with E-state index in [0.29, 0.717) is 5.82 Å². The highest BCUT2D eigenvalue weighted by Gasteiger charge is 2.14. The standard InChI is InChI=1S/C13H19N5/c1-8-5-9(2)7-12(6-8)10(3)14-11(4)13-15-17-18-16-13/h5-7,10-11,14H,1-4H3,(H,15,16,17,18). The fraction of sp³-hybridized carbons (Fsp3) is 0.462. The molecule has 0 aliphatic heterocycles. The Kier molecular flexibility index (Phi) is 3.72. The number of aryl methyl sites for hydroxylation is 2. The van der Waals surface area contributed by atoms with Gasteiger partial charge in [-0.3, -0.25) is 0 Å². The highest BCUT2D eigenvalue weighted by atomic mass is 15.5. The summed E-state index contributed by atoms with van der Waals surface area (Å²) in [6.45, 7) is 8.41. The van der Waals surface area contributed by atoms with Crippen molar-refractivity contribution in [3.05, 3.63) is 40.7 Å². The average Bonchev–Trinajstić information content (AvgIpc) is 2.80. The third kappa shape index (κ3) is 2.92. The molecule has 0 saturated heterocycles. The highest BCUT2D eigenvalue weighted by molar-refractivity contribution is 5.30. The lowest BCUT2D eigenvalue weighted by Crippen LogP contribution is -2.23. The summed E-state index contributed by atoms with van der Waals surface area (Å²) < 4.78 is 0. The van der Waals surface area contributed by atoms with Gasteiger partial charge in [0.1, 0.15) is 0 Å². The number of aromatic nitrogens is 4. The summed E-state index contributed by atoms with van der Waals surface area (Å²) in [4.78, 5) is 0. The van der Waals surface area contributed by atoms with Crippen molar-refractivity contribution in [1.29, 1.82) is 0 Å². The predicted molar refractivity (Wildman–Crippen MR) is 70.1 cm³/mol.